The summed E-state index contributed by atoms with van der Waals surface area (Å²) < 4.78 is 12.5. The monoisotopic (exact) mass is 207 g/mol. The molecule has 0 bridgehead atoms. The Morgan fingerprint density at radius 2 is 2.54 bits per heavy atom. The number of ether oxygens (including phenoxy) is 1. The van der Waals surface area contributed by atoms with E-state index < -0.39 is 6.10 Å². The number of hydrogen-bond acceptors (Lipinski definition) is 6. The number of nitrogens with one attached hydrogen (secondary N) is 1. The molecule has 1 fully saturated rings. The van der Waals surface area contributed by atoms with Gasteiger partial charge < -0.3 is 9.84 Å². The van der Waals surface area contributed by atoms with Crippen molar-refractivity contribution >= 4 is 12.2 Å². The highest BCUT2D eigenvalue weighted by atomic mass is 32.2. The summed E-state index contributed by atoms with van der Waals surface area (Å²) >= 11 is 0.939. The summed E-state index contributed by atoms with van der Waals surface area (Å²) in [5, 5.41) is 9.39. The molecular formula is C7H13NO4S. The van der Waals surface area contributed by atoms with Crippen molar-refractivity contribution in [3.8, 4) is 0 Å². The van der Waals surface area contributed by atoms with Gasteiger partial charge in [-0.2, -0.15) is 0 Å². The lowest BCUT2D eigenvalue weighted by Crippen LogP contribution is -2.30. The summed E-state index contributed by atoms with van der Waals surface area (Å²) in [6.45, 7) is 5.93. The van der Waals surface area contributed by atoms with E-state index in [4.69, 9.17) is 11.7 Å². The van der Waals surface area contributed by atoms with Crippen molar-refractivity contribution in [3.05, 3.63) is 6.92 Å². The van der Waals surface area contributed by atoms with E-state index in [1.54, 1.807) is 0 Å². The van der Waals surface area contributed by atoms with Gasteiger partial charge in [-0.15, -0.1) is 4.33 Å². The van der Waals surface area contributed by atoms with E-state index in [9.17, 15) is 5.11 Å². The third kappa shape index (κ3) is 3.80. The molecule has 1 saturated heterocycles. The van der Waals surface area contributed by atoms with Gasteiger partial charge in [0, 0.05) is 13.0 Å². The van der Waals surface area contributed by atoms with E-state index in [2.05, 4.69) is 13.9 Å². The minimum Gasteiger partial charge on any atom is -0.390 e. The fourth-order valence-corrected chi connectivity index (χ4v) is 1.47. The molecule has 1 aliphatic rings. The summed E-state index contributed by atoms with van der Waals surface area (Å²) in [6.07, 6.45) is -0.675. The molecule has 0 aromatic carbocycles. The molecule has 3 atom stereocenters. The molecular weight excluding hydrogens is 194 g/mol. The zero-order valence-electron chi connectivity index (χ0n) is 7.30. The van der Waals surface area contributed by atoms with E-state index in [-0.39, 0.29) is 12.2 Å². The molecule has 76 valence electrons. The quantitative estimate of drug-likeness (QED) is 0.217. The highest BCUT2D eigenvalue weighted by Crippen LogP contribution is 2.19. The number of hydrogen-bond donors (Lipinski definition) is 2. The van der Waals surface area contributed by atoms with E-state index in [0.717, 1.165) is 12.2 Å². The van der Waals surface area contributed by atoms with Crippen LogP contribution in [0.4, 0.5) is 0 Å². The molecule has 2 N–H and O–H groups in total. The van der Waals surface area contributed by atoms with Gasteiger partial charge in [-0.05, 0) is 6.92 Å². The molecule has 0 spiro atoms. The molecule has 0 amide bonds. The second-order valence-corrected chi connectivity index (χ2v) is 3.27. The van der Waals surface area contributed by atoms with Gasteiger partial charge in [-0.25, -0.2) is 9.61 Å². The minimum absolute atomic E-state index is 0.275. The smallest absolute Gasteiger partial charge is 0.118 e. The van der Waals surface area contributed by atoms with E-state index in [1.807, 2.05) is 0 Å². The van der Waals surface area contributed by atoms with Crippen LogP contribution in [0.5, 0.6) is 0 Å². The molecule has 2 radical (unpaired) electrons. The van der Waals surface area contributed by atoms with Crippen LogP contribution < -0.4 is 4.72 Å². The van der Waals surface area contributed by atoms with E-state index >= 15 is 0 Å². The molecule has 0 aliphatic carbocycles. The van der Waals surface area contributed by atoms with Gasteiger partial charge >= 0.3 is 0 Å². The first-order valence-corrected chi connectivity index (χ1v) is 4.66. The van der Waals surface area contributed by atoms with Crippen LogP contribution in [0, 0.1) is 6.92 Å². The van der Waals surface area contributed by atoms with Crippen LogP contribution in [-0.2, 0) is 14.0 Å². The third-order valence-corrected chi connectivity index (χ3v) is 2.19. The first-order chi connectivity index (χ1) is 6.24. The van der Waals surface area contributed by atoms with Crippen LogP contribution in [0.3, 0.4) is 0 Å². The van der Waals surface area contributed by atoms with Crippen molar-refractivity contribution in [1.29, 1.82) is 0 Å². The van der Waals surface area contributed by atoms with Gasteiger partial charge in [-0.1, -0.05) is 0 Å². The lowest BCUT2D eigenvalue weighted by molar-refractivity contribution is -0.161. The Morgan fingerprint density at radius 3 is 3.08 bits per heavy atom. The van der Waals surface area contributed by atoms with Gasteiger partial charge in [0.15, 0.2) is 0 Å². The summed E-state index contributed by atoms with van der Waals surface area (Å²) in [5.74, 6) is 0. The van der Waals surface area contributed by atoms with Crippen molar-refractivity contribution in [3.63, 3.8) is 0 Å². The van der Waals surface area contributed by atoms with Crippen molar-refractivity contribution < 1.29 is 19.1 Å². The van der Waals surface area contributed by atoms with Crippen LogP contribution in [0.25, 0.3) is 0 Å². The Morgan fingerprint density at radius 1 is 1.77 bits per heavy atom. The van der Waals surface area contributed by atoms with Crippen LogP contribution in [0.2, 0.25) is 0 Å². The lowest BCUT2D eigenvalue weighted by Gasteiger charge is -2.13. The maximum atomic E-state index is 9.39. The van der Waals surface area contributed by atoms with E-state index in [0.29, 0.717) is 13.0 Å². The second-order valence-electron chi connectivity index (χ2n) is 2.68. The Bertz CT molecular complexity index is 148. The highest BCUT2D eigenvalue weighted by molar-refractivity contribution is 7.92. The SMILES string of the molecule is [CH][C@H]1C[C@@H](O)[C@@H](CNSOOC)O1. The molecule has 1 heterocycles. The molecule has 0 aromatic rings. The fourth-order valence-electron chi connectivity index (χ4n) is 1.12. The summed E-state index contributed by atoms with van der Waals surface area (Å²) in [5.41, 5.74) is 0. The molecule has 5 nitrogen and oxygen atoms in total. The fraction of sp³-hybridized carbons (Fsp3) is 0.857. The lowest BCUT2D eigenvalue weighted by atomic mass is 10.1. The molecule has 1 aliphatic heterocycles. The zero-order valence-corrected chi connectivity index (χ0v) is 8.12. The molecule has 0 unspecified atom stereocenters. The van der Waals surface area contributed by atoms with Crippen molar-refractivity contribution in [2.75, 3.05) is 13.7 Å². The third-order valence-electron chi connectivity index (χ3n) is 1.70. The van der Waals surface area contributed by atoms with Crippen molar-refractivity contribution in [1.82, 2.24) is 4.72 Å². The Hall–Kier alpha value is 0.150. The highest BCUT2D eigenvalue weighted by Gasteiger charge is 2.31. The maximum Gasteiger partial charge on any atom is 0.118 e. The largest absolute Gasteiger partial charge is 0.390 e. The average Bonchev–Trinajstić information content (AvgIpc) is 2.39. The Kier molecular flexibility index (Phi) is 5.00. The normalized spacial score (nSPS) is 33.9. The molecule has 0 aromatic heterocycles. The number of aliphatic hydroxyl groups excluding tert-OH is 1. The van der Waals surface area contributed by atoms with Gasteiger partial charge in [0.1, 0.15) is 12.2 Å². The Labute approximate surface area is 82.0 Å². The molecule has 0 saturated carbocycles. The Balaban J connectivity index is 2.07. The predicted molar refractivity (Wildman–Crippen MR) is 47.3 cm³/mol. The van der Waals surface area contributed by atoms with Gasteiger partial charge in [0.25, 0.3) is 0 Å². The molecule has 1 rings (SSSR count). The van der Waals surface area contributed by atoms with Crippen LogP contribution in [0.1, 0.15) is 6.42 Å². The first kappa shape index (κ1) is 11.2. The molecule has 13 heavy (non-hydrogen) atoms. The van der Waals surface area contributed by atoms with Crippen LogP contribution >= 0.6 is 12.2 Å². The maximum absolute atomic E-state index is 9.39. The topological polar surface area (TPSA) is 60.0 Å². The number of rotatable bonds is 5. The average molecular weight is 207 g/mol. The van der Waals surface area contributed by atoms with E-state index in [1.165, 1.54) is 7.11 Å². The summed E-state index contributed by atoms with van der Waals surface area (Å²) in [6, 6.07) is 0. The van der Waals surface area contributed by atoms with Gasteiger partial charge in [-0.3, -0.25) is 0 Å². The zero-order chi connectivity index (χ0) is 9.68. The predicted octanol–water partition coefficient (Wildman–Crippen LogP) is -0.0533. The standard InChI is InChI=1S/C7H13NO4S/c1-5-3-6(9)7(11-5)4-8-13-12-10-2/h1,5-9H,3-4H2,2H3/t5-,6+,7+/m0/s1. The van der Waals surface area contributed by atoms with Gasteiger partial charge in [0.05, 0.1) is 25.4 Å². The second kappa shape index (κ2) is 5.79. The van der Waals surface area contributed by atoms with Crippen molar-refractivity contribution in [2.45, 2.75) is 24.7 Å². The number of aliphatic hydroxyl groups is 1. The summed E-state index contributed by atoms with van der Waals surface area (Å²) in [7, 11) is 1.41. The first-order valence-electron chi connectivity index (χ1n) is 3.92. The molecule has 6 heteroatoms. The van der Waals surface area contributed by atoms with Crippen LogP contribution in [0.15, 0.2) is 0 Å². The van der Waals surface area contributed by atoms with Gasteiger partial charge in [0.2, 0.25) is 0 Å². The van der Waals surface area contributed by atoms with Crippen LogP contribution in [-0.4, -0.2) is 37.1 Å². The van der Waals surface area contributed by atoms with Crippen molar-refractivity contribution in [2.24, 2.45) is 0 Å². The minimum atomic E-state index is -0.509. The summed E-state index contributed by atoms with van der Waals surface area (Å²) in [4.78, 5) is 4.33.